The van der Waals surface area contributed by atoms with Gasteiger partial charge in [0.1, 0.15) is 5.72 Å². The number of rotatable bonds is 17. The maximum absolute atomic E-state index is 14.5. The predicted octanol–water partition coefficient (Wildman–Crippen LogP) is 6.37. The zero-order valence-electron chi connectivity index (χ0n) is 31.0. The van der Waals surface area contributed by atoms with Gasteiger partial charge in [-0.15, -0.1) is 0 Å². The van der Waals surface area contributed by atoms with Crippen molar-refractivity contribution in [2.24, 2.45) is 23.2 Å². The highest BCUT2D eigenvalue weighted by Gasteiger charge is 2.51. The van der Waals surface area contributed by atoms with Crippen molar-refractivity contribution in [3.8, 4) is 0 Å². The fraction of sp³-hybridized carbons (Fsp3) is 0.806. The van der Waals surface area contributed by atoms with E-state index in [1.54, 1.807) is 16.7 Å². The molecule has 0 spiro atoms. The Labute approximate surface area is 285 Å². The summed E-state index contributed by atoms with van der Waals surface area (Å²) in [5.74, 6) is -0.176. The van der Waals surface area contributed by atoms with Gasteiger partial charge in [0.15, 0.2) is 0 Å². The number of halogens is 1. The van der Waals surface area contributed by atoms with Crippen LogP contribution in [0.2, 0.25) is 0 Å². The van der Waals surface area contributed by atoms with Gasteiger partial charge in [-0.25, -0.2) is 4.79 Å². The first-order chi connectivity index (χ1) is 21.3. The lowest BCUT2D eigenvalue weighted by Crippen LogP contribution is -2.58. The molecule has 46 heavy (non-hydrogen) atoms. The number of likely N-dealkylation sites (tertiary alicyclic amines) is 1. The number of allylic oxidation sites excluding steroid dienone is 4. The number of nitrogens with one attached hydrogen (secondary N) is 2. The molecule has 1 heterocycles. The third-order valence-corrected chi connectivity index (χ3v) is 9.97. The molecule has 1 rings (SSSR count). The van der Waals surface area contributed by atoms with E-state index in [4.69, 9.17) is 11.6 Å². The smallest absolute Gasteiger partial charge is 0.314 e. The van der Waals surface area contributed by atoms with Gasteiger partial charge < -0.3 is 25.5 Å². The van der Waals surface area contributed by atoms with Crippen LogP contribution in [-0.2, 0) is 9.59 Å². The molecule has 4 amide bonds. The van der Waals surface area contributed by atoms with Gasteiger partial charge in [0.2, 0.25) is 11.8 Å². The SMILES string of the molecule is CC/C=C(Cl)\C=C/C[C@H](CNC(=O)NCC)C(C)C(=O)N1C[C@@H](N(C(=O)C(C)(C)C)[C@H](C)CCC(C)CC)C[C@H]1[C@@](C)(O)N(C)C. The summed E-state index contributed by atoms with van der Waals surface area (Å²) < 4.78 is 0. The number of hydrogen-bond acceptors (Lipinski definition) is 5. The number of carbonyl (C=O) groups is 3. The van der Waals surface area contributed by atoms with Crippen LogP contribution in [0.15, 0.2) is 23.3 Å². The van der Waals surface area contributed by atoms with Gasteiger partial charge in [-0.1, -0.05) is 78.6 Å². The maximum atomic E-state index is 14.5. The summed E-state index contributed by atoms with van der Waals surface area (Å²) in [7, 11) is 3.62. The largest absolute Gasteiger partial charge is 0.374 e. The Hall–Kier alpha value is -2.10. The normalized spacial score (nSPS) is 21.5. The molecule has 1 fully saturated rings. The summed E-state index contributed by atoms with van der Waals surface area (Å²) in [6.45, 7) is 21.0. The zero-order chi connectivity index (χ0) is 35.4. The van der Waals surface area contributed by atoms with Crippen molar-refractivity contribution in [1.29, 1.82) is 0 Å². The molecule has 1 saturated heterocycles. The second-order valence-corrected chi connectivity index (χ2v) is 15.1. The number of nitrogens with zero attached hydrogens (tertiary/aromatic N) is 3. The van der Waals surface area contributed by atoms with Gasteiger partial charge >= 0.3 is 6.03 Å². The second-order valence-electron chi connectivity index (χ2n) is 14.7. The van der Waals surface area contributed by atoms with Crippen LogP contribution in [0.25, 0.3) is 0 Å². The number of hydrogen-bond donors (Lipinski definition) is 3. The molecule has 2 unspecified atom stereocenters. The summed E-state index contributed by atoms with van der Waals surface area (Å²) in [4.78, 5) is 46.4. The molecule has 7 atom stereocenters. The molecule has 0 aromatic carbocycles. The molecule has 10 heteroatoms. The lowest BCUT2D eigenvalue weighted by atomic mass is 9.88. The number of carbonyl (C=O) groups excluding carboxylic acids is 3. The van der Waals surface area contributed by atoms with E-state index in [1.165, 1.54) is 0 Å². The molecular formula is C36H66ClN5O4. The van der Waals surface area contributed by atoms with Crippen molar-refractivity contribution >= 4 is 29.4 Å². The summed E-state index contributed by atoms with van der Waals surface area (Å²) in [6, 6.07) is -1.06. The molecule has 0 aliphatic carbocycles. The van der Waals surface area contributed by atoms with Crippen molar-refractivity contribution in [2.45, 2.75) is 132 Å². The number of likely N-dealkylation sites (N-methyl/N-ethyl adjacent to an activating group) is 1. The molecule has 9 nitrogen and oxygen atoms in total. The van der Waals surface area contributed by atoms with Crippen molar-refractivity contribution in [3.63, 3.8) is 0 Å². The number of aliphatic hydroxyl groups is 1. The zero-order valence-corrected chi connectivity index (χ0v) is 31.7. The minimum absolute atomic E-state index is 0.0109. The lowest BCUT2D eigenvalue weighted by molar-refractivity contribution is -0.154. The summed E-state index contributed by atoms with van der Waals surface area (Å²) in [5.41, 5.74) is -1.92. The Kier molecular flexibility index (Phi) is 17.3. The Balaban J connectivity index is 3.51. The Bertz CT molecular complexity index is 1040. The number of amides is 4. The van der Waals surface area contributed by atoms with Crippen LogP contribution in [0.5, 0.6) is 0 Å². The van der Waals surface area contributed by atoms with Crippen LogP contribution in [0.4, 0.5) is 4.79 Å². The second kappa shape index (κ2) is 19.0. The fourth-order valence-corrected chi connectivity index (χ4v) is 6.29. The standard InChI is InChI=1S/C36H66ClN5O4/c1-13-17-29(37)19-16-18-28(23-39-34(45)38-15-3)27(6)32(43)41-24-30(22-31(41)36(10,46)40(11)12)42(33(44)35(7,8)9)26(5)21-20-25(4)14-2/h16-17,19,25-28,30-31,46H,13-15,18,20-24H2,1-12H3,(H2,38,39,45)/b19-16-,29-17+/t25?,26-,27?,28-,30+,31+,36-/m1/s1. The van der Waals surface area contributed by atoms with Crippen LogP contribution in [0, 0.1) is 23.2 Å². The topological polar surface area (TPSA) is 105 Å². The highest BCUT2D eigenvalue weighted by atomic mass is 35.5. The van der Waals surface area contributed by atoms with Gasteiger partial charge in [-0.05, 0) is 84.9 Å². The Morgan fingerprint density at radius 2 is 1.67 bits per heavy atom. The molecule has 266 valence electrons. The van der Waals surface area contributed by atoms with E-state index >= 15 is 0 Å². The van der Waals surface area contributed by atoms with E-state index < -0.39 is 23.1 Å². The van der Waals surface area contributed by atoms with Crippen LogP contribution >= 0.6 is 11.6 Å². The van der Waals surface area contributed by atoms with Gasteiger partial charge in [-0.2, -0.15) is 0 Å². The predicted molar refractivity (Wildman–Crippen MR) is 190 cm³/mol. The maximum Gasteiger partial charge on any atom is 0.314 e. The monoisotopic (exact) mass is 667 g/mol. The van der Waals surface area contributed by atoms with Gasteiger partial charge in [-0.3, -0.25) is 14.5 Å². The van der Waals surface area contributed by atoms with Crippen LogP contribution in [0.3, 0.4) is 0 Å². The van der Waals surface area contributed by atoms with Gasteiger partial charge in [0.05, 0.1) is 12.1 Å². The molecule has 0 saturated carbocycles. The third-order valence-electron chi connectivity index (χ3n) is 9.69. The van der Waals surface area contributed by atoms with E-state index in [2.05, 4.69) is 31.4 Å². The van der Waals surface area contributed by atoms with E-state index in [0.717, 1.165) is 25.7 Å². The minimum Gasteiger partial charge on any atom is -0.374 e. The van der Waals surface area contributed by atoms with E-state index in [9.17, 15) is 19.5 Å². The minimum atomic E-state index is -1.33. The highest BCUT2D eigenvalue weighted by Crippen LogP contribution is 2.36. The van der Waals surface area contributed by atoms with Crippen LogP contribution in [0.1, 0.15) is 108 Å². The first-order valence-corrected chi connectivity index (χ1v) is 17.8. The lowest BCUT2D eigenvalue weighted by Gasteiger charge is -2.42. The molecule has 0 aromatic rings. The summed E-state index contributed by atoms with van der Waals surface area (Å²) in [5, 5.41) is 18.1. The van der Waals surface area contributed by atoms with Crippen molar-refractivity contribution in [2.75, 3.05) is 33.7 Å². The highest BCUT2D eigenvalue weighted by molar-refractivity contribution is 6.31. The quantitative estimate of drug-likeness (QED) is 0.124. The first kappa shape index (κ1) is 41.9. The molecular weight excluding hydrogens is 602 g/mol. The molecule has 0 radical (unpaired) electrons. The van der Waals surface area contributed by atoms with E-state index in [0.29, 0.717) is 43.4 Å². The summed E-state index contributed by atoms with van der Waals surface area (Å²) in [6.07, 6.45) is 10.5. The van der Waals surface area contributed by atoms with E-state index in [1.807, 2.05) is 78.8 Å². The van der Waals surface area contributed by atoms with Gasteiger partial charge in [0.25, 0.3) is 0 Å². The van der Waals surface area contributed by atoms with Crippen molar-refractivity contribution < 1.29 is 19.5 Å². The Morgan fingerprint density at radius 1 is 1.04 bits per heavy atom. The van der Waals surface area contributed by atoms with E-state index in [-0.39, 0.29) is 35.8 Å². The summed E-state index contributed by atoms with van der Waals surface area (Å²) >= 11 is 6.31. The molecule has 1 aliphatic heterocycles. The van der Waals surface area contributed by atoms with Gasteiger partial charge in [0, 0.05) is 42.0 Å². The molecule has 1 aliphatic rings. The van der Waals surface area contributed by atoms with Crippen molar-refractivity contribution in [3.05, 3.63) is 23.3 Å². The van der Waals surface area contributed by atoms with Crippen molar-refractivity contribution in [1.82, 2.24) is 25.3 Å². The molecule has 3 N–H and O–H groups in total. The Morgan fingerprint density at radius 3 is 2.20 bits per heavy atom. The number of urea groups is 1. The van der Waals surface area contributed by atoms with Crippen LogP contribution in [-0.4, -0.2) is 95.2 Å². The average molecular weight is 668 g/mol. The first-order valence-electron chi connectivity index (χ1n) is 17.4. The average Bonchev–Trinajstić information content (AvgIpc) is 3.42. The third kappa shape index (κ3) is 12.2. The molecule has 0 aromatic heterocycles. The van der Waals surface area contributed by atoms with Crippen LogP contribution < -0.4 is 10.6 Å². The fourth-order valence-electron chi connectivity index (χ4n) is 6.05. The molecule has 0 bridgehead atoms.